The first-order valence-electron chi connectivity index (χ1n) is 10.8. The Hall–Kier alpha value is -3.00. The summed E-state index contributed by atoms with van der Waals surface area (Å²) in [5.41, 5.74) is 2.18. The van der Waals surface area contributed by atoms with Crippen molar-refractivity contribution < 1.29 is 23.7 Å². The van der Waals surface area contributed by atoms with Crippen molar-refractivity contribution in [2.75, 3.05) is 39.6 Å². The second-order valence-electron chi connectivity index (χ2n) is 8.77. The number of methoxy groups -OCH3 is 3. The van der Waals surface area contributed by atoms with Crippen LogP contribution in [0.2, 0.25) is 0 Å². The van der Waals surface area contributed by atoms with Crippen LogP contribution < -0.4 is 19.9 Å². The van der Waals surface area contributed by atoms with Gasteiger partial charge in [-0.3, -0.25) is 14.5 Å². The Morgan fingerprint density at radius 3 is 2.59 bits per heavy atom. The highest BCUT2D eigenvalue weighted by molar-refractivity contribution is 5.89. The van der Waals surface area contributed by atoms with Crippen molar-refractivity contribution in [2.45, 2.75) is 44.7 Å². The van der Waals surface area contributed by atoms with Gasteiger partial charge in [-0.2, -0.15) is 0 Å². The van der Waals surface area contributed by atoms with Gasteiger partial charge in [0.2, 0.25) is 0 Å². The summed E-state index contributed by atoms with van der Waals surface area (Å²) in [4.78, 5) is 25.0. The standard InChI is InChI=1S/C24H30N2O6/c1-24(2)8-7-18-15-12-22(32-10-6-9-29-3)21(30-4)11-16(15)19-13-20(27)17(23(28)31-5)14-25(19)26(18)24/h11-14,18H,6-10H2,1-5H3/t18-/m0/s1. The van der Waals surface area contributed by atoms with Crippen molar-refractivity contribution in [1.29, 1.82) is 0 Å². The van der Waals surface area contributed by atoms with Gasteiger partial charge in [-0.25, -0.2) is 4.79 Å². The fourth-order valence-electron chi connectivity index (χ4n) is 4.77. The number of aromatic nitrogens is 1. The van der Waals surface area contributed by atoms with Crippen LogP contribution in [0.4, 0.5) is 0 Å². The minimum atomic E-state index is -0.637. The van der Waals surface area contributed by atoms with Crippen molar-refractivity contribution in [3.05, 3.63) is 45.7 Å². The molecule has 1 fully saturated rings. The normalized spacial score (nSPS) is 17.9. The molecule has 1 aromatic carbocycles. The van der Waals surface area contributed by atoms with Crippen LogP contribution in [0.3, 0.4) is 0 Å². The fourth-order valence-corrected chi connectivity index (χ4v) is 4.77. The first-order valence-corrected chi connectivity index (χ1v) is 10.8. The van der Waals surface area contributed by atoms with Crippen LogP contribution in [0, 0.1) is 0 Å². The van der Waals surface area contributed by atoms with Crippen molar-refractivity contribution in [3.8, 4) is 22.8 Å². The van der Waals surface area contributed by atoms with Crippen molar-refractivity contribution in [3.63, 3.8) is 0 Å². The number of pyridine rings is 1. The molecule has 0 N–H and O–H groups in total. The van der Waals surface area contributed by atoms with E-state index in [-0.39, 0.29) is 22.6 Å². The van der Waals surface area contributed by atoms with Gasteiger partial charge in [0.25, 0.3) is 0 Å². The van der Waals surface area contributed by atoms with Crippen LogP contribution in [-0.2, 0) is 9.47 Å². The molecule has 0 amide bonds. The molecular weight excluding hydrogens is 412 g/mol. The number of carbonyl (C=O) groups is 1. The third-order valence-electron chi connectivity index (χ3n) is 6.34. The van der Waals surface area contributed by atoms with Crippen molar-refractivity contribution >= 4 is 5.97 Å². The lowest BCUT2D eigenvalue weighted by Gasteiger charge is -2.44. The van der Waals surface area contributed by atoms with Gasteiger partial charge in [0.15, 0.2) is 16.9 Å². The molecule has 0 saturated carbocycles. The van der Waals surface area contributed by atoms with Crippen LogP contribution in [-0.4, -0.2) is 50.7 Å². The number of nitrogens with zero attached hydrogens (tertiary/aromatic N) is 2. The molecule has 0 bridgehead atoms. The van der Waals surface area contributed by atoms with E-state index in [0.29, 0.717) is 30.4 Å². The molecule has 2 aliphatic rings. The van der Waals surface area contributed by atoms with Gasteiger partial charge in [0.1, 0.15) is 5.56 Å². The van der Waals surface area contributed by atoms with E-state index in [1.807, 2.05) is 16.8 Å². The smallest absolute Gasteiger partial charge is 0.343 e. The zero-order chi connectivity index (χ0) is 23.0. The van der Waals surface area contributed by atoms with Crippen LogP contribution in [0.25, 0.3) is 11.3 Å². The molecule has 1 atom stereocenters. The summed E-state index contributed by atoms with van der Waals surface area (Å²) in [6.07, 6.45) is 4.28. The highest BCUT2D eigenvalue weighted by Crippen LogP contribution is 2.50. The number of rotatable bonds is 7. The molecule has 172 valence electrons. The maximum Gasteiger partial charge on any atom is 0.343 e. The lowest BCUT2D eigenvalue weighted by atomic mass is 9.93. The van der Waals surface area contributed by atoms with Crippen LogP contribution in [0.1, 0.15) is 55.1 Å². The van der Waals surface area contributed by atoms with Crippen LogP contribution >= 0.6 is 0 Å². The Kier molecular flexibility index (Phi) is 5.90. The molecule has 8 nitrogen and oxygen atoms in total. The molecule has 1 saturated heterocycles. The minimum Gasteiger partial charge on any atom is -0.493 e. The summed E-state index contributed by atoms with van der Waals surface area (Å²) in [5.74, 6) is 0.638. The predicted molar refractivity (Wildman–Crippen MR) is 120 cm³/mol. The Balaban J connectivity index is 1.88. The molecular formula is C24H30N2O6. The highest BCUT2D eigenvalue weighted by Gasteiger charge is 2.45. The molecule has 0 unspecified atom stereocenters. The first-order chi connectivity index (χ1) is 15.3. The Labute approximate surface area is 187 Å². The van der Waals surface area contributed by atoms with E-state index in [4.69, 9.17) is 18.9 Å². The molecule has 1 aromatic heterocycles. The Bertz CT molecular complexity index is 1090. The van der Waals surface area contributed by atoms with E-state index in [1.165, 1.54) is 13.2 Å². The Morgan fingerprint density at radius 2 is 1.91 bits per heavy atom. The summed E-state index contributed by atoms with van der Waals surface area (Å²) in [5, 5.41) is 2.25. The summed E-state index contributed by atoms with van der Waals surface area (Å²) in [7, 11) is 4.55. The second-order valence-corrected chi connectivity index (χ2v) is 8.77. The number of carbonyl (C=O) groups excluding carboxylic acids is 1. The summed E-state index contributed by atoms with van der Waals surface area (Å²) < 4.78 is 23.5. The number of benzene rings is 1. The van der Waals surface area contributed by atoms with E-state index in [9.17, 15) is 9.59 Å². The lowest BCUT2D eigenvalue weighted by molar-refractivity contribution is 0.0598. The first kappa shape index (κ1) is 22.2. The SMILES string of the molecule is COCCCOc1cc2c(cc1OC)-c1cc(=O)c(C(=O)OC)cn1N1[C@H]2CCC1(C)C. The summed E-state index contributed by atoms with van der Waals surface area (Å²) in [6, 6.07) is 5.54. The zero-order valence-electron chi connectivity index (χ0n) is 19.3. The van der Waals surface area contributed by atoms with Crippen molar-refractivity contribution in [2.24, 2.45) is 0 Å². The zero-order valence-corrected chi connectivity index (χ0v) is 19.3. The lowest BCUT2D eigenvalue weighted by Crippen LogP contribution is -2.50. The quantitative estimate of drug-likeness (QED) is 0.481. The van der Waals surface area contributed by atoms with Crippen LogP contribution in [0.5, 0.6) is 11.5 Å². The number of hydrogen-bond acceptors (Lipinski definition) is 7. The monoisotopic (exact) mass is 442 g/mol. The molecule has 8 heteroatoms. The molecule has 32 heavy (non-hydrogen) atoms. The van der Waals surface area contributed by atoms with Gasteiger partial charge in [-0.05, 0) is 44.4 Å². The maximum absolute atomic E-state index is 12.8. The average Bonchev–Trinajstić information content (AvgIpc) is 3.10. The van der Waals surface area contributed by atoms with E-state index in [0.717, 1.165) is 30.4 Å². The summed E-state index contributed by atoms with van der Waals surface area (Å²) >= 11 is 0. The largest absolute Gasteiger partial charge is 0.493 e. The molecule has 4 rings (SSSR count). The molecule has 0 spiro atoms. The van der Waals surface area contributed by atoms with E-state index < -0.39 is 5.97 Å². The van der Waals surface area contributed by atoms with Gasteiger partial charge in [-0.1, -0.05) is 0 Å². The number of fused-ring (bicyclic) bond motifs is 6. The van der Waals surface area contributed by atoms with Gasteiger partial charge in [0, 0.05) is 38.0 Å². The molecule has 0 aliphatic carbocycles. The third kappa shape index (κ3) is 3.62. The van der Waals surface area contributed by atoms with E-state index in [2.05, 4.69) is 18.9 Å². The molecule has 3 heterocycles. The minimum absolute atomic E-state index is 0.0196. The van der Waals surface area contributed by atoms with Gasteiger partial charge in [-0.15, -0.1) is 0 Å². The topological polar surface area (TPSA) is 79.2 Å². The second kappa shape index (κ2) is 8.50. The average molecular weight is 443 g/mol. The Morgan fingerprint density at radius 1 is 1.12 bits per heavy atom. The maximum atomic E-state index is 12.8. The molecule has 2 aliphatic heterocycles. The molecule has 2 aromatic rings. The molecule has 0 radical (unpaired) electrons. The fraction of sp³-hybridized carbons (Fsp3) is 0.500. The highest BCUT2D eigenvalue weighted by atomic mass is 16.5. The van der Waals surface area contributed by atoms with Gasteiger partial charge >= 0.3 is 5.97 Å². The van der Waals surface area contributed by atoms with Crippen molar-refractivity contribution in [1.82, 2.24) is 4.68 Å². The van der Waals surface area contributed by atoms with Crippen LogP contribution in [0.15, 0.2) is 29.2 Å². The number of hydrogen-bond donors (Lipinski definition) is 0. The van der Waals surface area contributed by atoms with Gasteiger partial charge < -0.3 is 18.9 Å². The third-order valence-corrected chi connectivity index (χ3v) is 6.34. The number of ether oxygens (including phenoxy) is 4. The van der Waals surface area contributed by atoms with Gasteiger partial charge in [0.05, 0.1) is 38.1 Å². The van der Waals surface area contributed by atoms with E-state index >= 15 is 0 Å². The number of esters is 1. The summed E-state index contributed by atoms with van der Waals surface area (Å²) in [6.45, 7) is 5.48. The van der Waals surface area contributed by atoms with E-state index in [1.54, 1.807) is 20.4 Å². The predicted octanol–water partition coefficient (Wildman–Crippen LogP) is 3.29.